The van der Waals surface area contributed by atoms with Crippen LogP contribution in [0.3, 0.4) is 0 Å². The van der Waals surface area contributed by atoms with Gasteiger partial charge in [0.15, 0.2) is 0 Å². The number of hydrogen-bond donors (Lipinski definition) is 0. The Hall–Kier alpha value is -0.630. The maximum absolute atomic E-state index is 6.17. The number of furan rings is 1. The SMILES string of the molecule is ClCC(CCl)(Cc1ccoc1)c1cccc(Cl)c1. The monoisotopic (exact) mass is 302 g/mol. The fraction of sp³-hybridized carbons (Fsp3) is 0.286. The summed E-state index contributed by atoms with van der Waals surface area (Å²) in [5.41, 5.74) is 1.82. The Morgan fingerprint density at radius 3 is 2.44 bits per heavy atom. The summed E-state index contributed by atoms with van der Waals surface area (Å²) in [6.45, 7) is 0. The van der Waals surface area contributed by atoms with Gasteiger partial charge in [0.2, 0.25) is 0 Å². The van der Waals surface area contributed by atoms with Crippen LogP contribution in [0.4, 0.5) is 0 Å². The largest absolute Gasteiger partial charge is 0.472 e. The summed E-state index contributed by atoms with van der Waals surface area (Å²) in [5, 5.41) is 0.694. The zero-order valence-corrected chi connectivity index (χ0v) is 12.0. The van der Waals surface area contributed by atoms with Crippen molar-refractivity contribution in [2.45, 2.75) is 11.8 Å². The molecule has 0 radical (unpaired) electrons. The Balaban J connectivity index is 2.37. The third kappa shape index (κ3) is 2.85. The molecule has 0 fully saturated rings. The second-order valence-corrected chi connectivity index (χ2v) is 5.34. The summed E-state index contributed by atoms with van der Waals surface area (Å²) in [5.74, 6) is 0.865. The molecule has 1 aromatic heterocycles. The van der Waals surface area contributed by atoms with E-state index in [0.29, 0.717) is 16.8 Å². The Bertz CT molecular complexity index is 490. The second-order valence-electron chi connectivity index (χ2n) is 4.37. The lowest BCUT2D eigenvalue weighted by Gasteiger charge is -2.30. The van der Waals surface area contributed by atoms with Crippen LogP contribution in [0, 0.1) is 0 Å². The van der Waals surface area contributed by atoms with Gasteiger partial charge in [-0.15, -0.1) is 23.2 Å². The fourth-order valence-corrected chi connectivity index (χ4v) is 2.96. The molecule has 1 heterocycles. The summed E-state index contributed by atoms with van der Waals surface area (Å²) >= 11 is 18.4. The topological polar surface area (TPSA) is 13.1 Å². The highest BCUT2D eigenvalue weighted by molar-refractivity contribution is 6.30. The van der Waals surface area contributed by atoms with E-state index in [1.807, 2.05) is 30.3 Å². The predicted molar refractivity (Wildman–Crippen MR) is 77.0 cm³/mol. The Labute approximate surface area is 122 Å². The van der Waals surface area contributed by atoms with Crippen molar-refractivity contribution in [2.75, 3.05) is 11.8 Å². The van der Waals surface area contributed by atoms with Crippen molar-refractivity contribution < 1.29 is 4.42 Å². The zero-order chi connectivity index (χ0) is 13.0. The quantitative estimate of drug-likeness (QED) is 0.717. The normalized spacial score (nSPS) is 11.7. The second kappa shape index (κ2) is 6.01. The Kier molecular flexibility index (Phi) is 4.60. The van der Waals surface area contributed by atoms with Gasteiger partial charge in [0, 0.05) is 22.2 Å². The lowest BCUT2D eigenvalue weighted by atomic mass is 9.79. The molecule has 2 aromatic rings. The maximum Gasteiger partial charge on any atom is 0.0934 e. The summed E-state index contributed by atoms with van der Waals surface area (Å²) < 4.78 is 5.10. The molecule has 0 spiro atoms. The van der Waals surface area contributed by atoms with Gasteiger partial charge in [-0.25, -0.2) is 0 Å². The Morgan fingerprint density at radius 1 is 1.11 bits per heavy atom. The molecular formula is C14H13Cl3O. The highest BCUT2D eigenvalue weighted by Crippen LogP contribution is 2.33. The number of benzene rings is 1. The highest BCUT2D eigenvalue weighted by atomic mass is 35.5. The van der Waals surface area contributed by atoms with Crippen LogP contribution in [0.15, 0.2) is 47.3 Å². The van der Waals surface area contributed by atoms with Crippen molar-refractivity contribution in [1.82, 2.24) is 0 Å². The molecule has 18 heavy (non-hydrogen) atoms. The minimum Gasteiger partial charge on any atom is -0.472 e. The molecule has 0 saturated heterocycles. The van der Waals surface area contributed by atoms with Crippen LogP contribution in [0.2, 0.25) is 5.02 Å². The van der Waals surface area contributed by atoms with Crippen molar-refractivity contribution in [3.63, 3.8) is 0 Å². The van der Waals surface area contributed by atoms with Crippen molar-refractivity contribution in [3.05, 3.63) is 59.0 Å². The predicted octanol–water partition coefficient (Wildman–Crippen LogP) is 4.89. The Morgan fingerprint density at radius 2 is 1.89 bits per heavy atom. The van der Waals surface area contributed by atoms with E-state index in [2.05, 4.69) is 0 Å². The molecule has 1 aromatic carbocycles. The van der Waals surface area contributed by atoms with E-state index in [1.165, 1.54) is 0 Å². The highest BCUT2D eigenvalue weighted by Gasteiger charge is 2.31. The first-order valence-corrected chi connectivity index (χ1v) is 7.04. The summed E-state index contributed by atoms with van der Waals surface area (Å²) in [7, 11) is 0. The molecule has 0 atom stereocenters. The maximum atomic E-state index is 6.17. The minimum atomic E-state index is -0.322. The van der Waals surface area contributed by atoms with Crippen molar-refractivity contribution in [2.24, 2.45) is 0 Å². The van der Waals surface area contributed by atoms with E-state index in [1.54, 1.807) is 12.5 Å². The molecule has 0 aliphatic rings. The first kappa shape index (κ1) is 13.8. The first-order chi connectivity index (χ1) is 8.70. The van der Waals surface area contributed by atoms with Crippen LogP contribution in [-0.2, 0) is 11.8 Å². The van der Waals surface area contributed by atoms with Crippen LogP contribution < -0.4 is 0 Å². The number of alkyl halides is 2. The third-order valence-corrected chi connectivity index (χ3v) is 4.33. The molecule has 2 rings (SSSR count). The number of halogens is 3. The molecule has 4 heteroatoms. The van der Waals surface area contributed by atoms with E-state index >= 15 is 0 Å². The molecule has 0 N–H and O–H groups in total. The van der Waals surface area contributed by atoms with Gasteiger partial charge in [0.05, 0.1) is 12.5 Å². The molecular weight excluding hydrogens is 291 g/mol. The smallest absolute Gasteiger partial charge is 0.0934 e. The summed E-state index contributed by atoms with van der Waals surface area (Å²) in [4.78, 5) is 0. The van der Waals surface area contributed by atoms with Crippen molar-refractivity contribution in [3.8, 4) is 0 Å². The minimum absolute atomic E-state index is 0.322. The number of rotatable bonds is 5. The van der Waals surface area contributed by atoms with Crippen molar-refractivity contribution in [1.29, 1.82) is 0 Å². The van der Waals surface area contributed by atoms with Crippen LogP contribution in [0.5, 0.6) is 0 Å². The first-order valence-electron chi connectivity index (χ1n) is 5.59. The molecule has 0 aliphatic carbocycles. The van der Waals surface area contributed by atoms with Gasteiger partial charge < -0.3 is 4.42 Å². The third-order valence-electron chi connectivity index (χ3n) is 3.07. The van der Waals surface area contributed by atoms with Gasteiger partial charge in [-0.3, -0.25) is 0 Å². The lowest BCUT2D eigenvalue weighted by molar-refractivity contribution is 0.522. The summed E-state index contributed by atoms with van der Waals surface area (Å²) in [6.07, 6.45) is 4.11. The van der Waals surface area contributed by atoms with Crippen LogP contribution in [0.1, 0.15) is 11.1 Å². The van der Waals surface area contributed by atoms with Crippen molar-refractivity contribution >= 4 is 34.8 Å². The van der Waals surface area contributed by atoms with Gasteiger partial charge in [-0.05, 0) is 35.7 Å². The van der Waals surface area contributed by atoms with Crippen LogP contribution in [-0.4, -0.2) is 11.8 Å². The van der Waals surface area contributed by atoms with E-state index in [0.717, 1.165) is 17.5 Å². The van der Waals surface area contributed by atoms with E-state index < -0.39 is 0 Å². The lowest BCUT2D eigenvalue weighted by Crippen LogP contribution is -2.33. The van der Waals surface area contributed by atoms with Gasteiger partial charge in [0.1, 0.15) is 0 Å². The zero-order valence-electron chi connectivity index (χ0n) is 9.70. The van der Waals surface area contributed by atoms with Gasteiger partial charge in [-0.2, -0.15) is 0 Å². The molecule has 0 unspecified atom stereocenters. The van der Waals surface area contributed by atoms with Crippen LogP contribution >= 0.6 is 34.8 Å². The molecule has 0 aliphatic heterocycles. The fourth-order valence-electron chi connectivity index (χ4n) is 1.99. The number of hydrogen-bond acceptors (Lipinski definition) is 1. The van der Waals surface area contributed by atoms with E-state index in [4.69, 9.17) is 39.2 Å². The van der Waals surface area contributed by atoms with E-state index in [9.17, 15) is 0 Å². The average molecular weight is 304 g/mol. The standard InChI is InChI=1S/C14H13Cl3O/c15-9-14(10-16,7-11-4-5-18-8-11)12-2-1-3-13(17)6-12/h1-6,8H,7,9-10H2. The molecule has 0 amide bonds. The van der Waals surface area contributed by atoms with E-state index in [-0.39, 0.29) is 5.41 Å². The summed E-state index contributed by atoms with van der Waals surface area (Å²) in [6, 6.07) is 9.62. The molecule has 0 saturated carbocycles. The molecule has 0 bridgehead atoms. The van der Waals surface area contributed by atoms with Gasteiger partial charge in [0.25, 0.3) is 0 Å². The van der Waals surface area contributed by atoms with Gasteiger partial charge in [-0.1, -0.05) is 23.7 Å². The van der Waals surface area contributed by atoms with Gasteiger partial charge >= 0.3 is 0 Å². The van der Waals surface area contributed by atoms with Crippen LogP contribution in [0.25, 0.3) is 0 Å². The molecule has 1 nitrogen and oxygen atoms in total. The molecule has 96 valence electrons. The average Bonchev–Trinajstić information content (AvgIpc) is 2.89.